The van der Waals surface area contributed by atoms with Crippen LogP contribution in [-0.2, 0) is 9.84 Å². The number of benzene rings is 2. The lowest BCUT2D eigenvalue weighted by Crippen LogP contribution is -2.20. The molecule has 0 atom stereocenters. The molecule has 0 amide bonds. The molecule has 7 nitrogen and oxygen atoms in total. The van der Waals surface area contributed by atoms with Crippen LogP contribution in [0.5, 0.6) is 11.6 Å². The number of halogens is 2. The van der Waals surface area contributed by atoms with Crippen LogP contribution in [0.3, 0.4) is 0 Å². The van der Waals surface area contributed by atoms with E-state index in [2.05, 4.69) is 4.98 Å². The van der Waals surface area contributed by atoms with Gasteiger partial charge in [0.2, 0.25) is 15.7 Å². The number of ether oxygens (including phenoxy) is 1. The van der Waals surface area contributed by atoms with Gasteiger partial charge in [-0.05, 0) is 61.9 Å². The number of nitriles is 1. The lowest BCUT2D eigenvalue weighted by atomic mass is 10.2. The number of sulfone groups is 1. The third kappa shape index (κ3) is 4.80. The van der Waals surface area contributed by atoms with Crippen molar-refractivity contribution >= 4 is 44.8 Å². The Morgan fingerprint density at radius 2 is 1.83 bits per heavy atom. The molecular formula is C25H17Cl2N3O4S. The fourth-order valence-corrected chi connectivity index (χ4v) is 4.89. The lowest BCUT2D eigenvalue weighted by molar-refractivity contribution is 0.461. The Hall–Kier alpha value is -3.64. The second-order valence-corrected chi connectivity index (χ2v) is 10.4. The van der Waals surface area contributed by atoms with Crippen LogP contribution in [0, 0.1) is 25.2 Å². The van der Waals surface area contributed by atoms with E-state index in [1.54, 1.807) is 43.3 Å². The van der Waals surface area contributed by atoms with Crippen molar-refractivity contribution < 1.29 is 13.2 Å². The van der Waals surface area contributed by atoms with Crippen molar-refractivity contribution in [2.24, 2.45) is 0 Å². The molecule has 0 unspecified atom stereocenters. The van der Waals surface area contributed by atoms with Crippen LogP contribution in [0.1, 0.15) is 16.7 Å². The third-order valence-corrected chi connectivity index (χ3v) is 7.37. The highest BCUT2D eigenvalue weighted by atomic mass is 35.5. The molecule has 4 rings (SSSR count). The van der Waals surface area contributed by atoms with Gasteiger partial charge in [0.1, 0.15) is 27.9 Å². The summed E-state index contributed by atoms with van der Waals surface area (Å²) in [5, 5.41) is 10.3. The molecule has 4 aromatic rings. The van der Waals surface area contributed by atoms with Gasteiger partial charge in [-0.3, -0.25) is 9.20 Å². The standard InChI is InChI=1S/C25H17Cl2N3O4S/c1-15-5-8-18(9-6-15)35(32,33)19(14-28)13-20-24(34-22-10-7-17(26)12-21(22)27)29-23-16(2)4-3-11-30(23)25(20)31/h3-13H,1-2H3/b19-13+. The molecule has 0 aliphatic carbocycles. The van der Waals surface area contributed by atoms with Gasteiger partial charge in [-0.15, -0.1) is 0 Å². The highest BCUT2D eigenvalue weighted by Gasteiger charge is 2.24. The first-order valence-corrected chi connectivity index (χ1v) is 12.4. The molecule has 0 bridgehead atoms. The van der Waals surface area contributed by atoms with Crippen LogP contribution in [0.2, 0.25) is 10.0 Å². The molecule has 176 valence electrons. The van der Waals surface area contributed by atoms with Crippen molar-refractivity contribution in [1.82, 2.24) is 9.38 Å². The average Bonchev–Trinajstić information content (AvgIpc) is 2.81. The van der Waals surface area contributed by atoms with E-state index in [9.17, 15) is 18.5 Å². The summed E-state index contributed by atoms with van der Waals surface area (Å²) in [7, 11) is -4.22. The van der Waals surface area contributed by atoms with Crippen LogP contribution < -0.4 is 10.3 Å². The zero-order valence-corrected chi connectivity index (χ0v) is 20.8. The molecule has 0 spiro atoms. The molecule has 2 heterocycles. The van der Waals surface area contributed by atoms with E-state index in [1.807, 2.05) is 6.92 Å². The summed E-state index contributed by atoms with van der Waals surface area (Å²) >= 11 is 12.2. The summed E-state index contributed by atoms with van der Waals surface area (Å²) < 4.78 is 33.5. The van der Waals surface area contributed by atoms with Gasteiger partial charge in [0.25, 0.3) is 5.56 Å². The molecule has 35 heavy (non-hydrogen) atoms. The molecule has 0 N–H and O–H groups in total. The van der Waals surface area contributed by atoms with E-state index in [1.165, 1.54) is 34.9 Å². The number of allylic oxidation sites excluding steroid dienone is 1. The molecule has 0 saturated heterocycles. The smallest absolute Gasteiger partial charge is 0.269 e. The van der Waals surface area contributed by atoms with Gasteiger partial charge in [0, 0.05) is 11.2 Å². The van der Waals surface area contributed by atoms with E-state index in [4.69, 9.17) is 27.9 Å². The van der Waals surface area contributed by atoms with E-state index < -0.39 is 20.3 Å². The van der Waals surface area contributed by atoms with Crippen molar-refractivity contribution in [1.29, 1.82) is 5.26 Å². The van der Waals surface area contributed by atoms with Crippen LogP contribution in [0.25, 0.3) is 11.7 Å². The lowest BCUT2D eigenvalue weighted by Gasteiger charge is -2.12. The molecule has 0 aliphatic rings. The number of aryl methyl sites for hydroxylation is 2. The topological polar surface area (TPSA) is 102 Å². The summed E-state index contributed by atoms with van der Waals surface area (Å²) in [6.07, 6.45) is 2.47. The molecule has 2 aromatic heterocycles. The van der Waals surface area contributed by atoms with Gasteiger partial charge in [0.05, 0.1) is 9.92 Å². The van der Waals surface area contributed by atoms with Crippen molar-refractivity contribution in [2.45, 2.75) is 18.7 Å². The molecule has 2 aromatic carbocycles. The maximum Gasteiger partial charge on any atom is 0.269 e. The van der Waals surface area contributed by atoms with Crippen LogP contribution in [-0.4, -0.2) is 17.8 Å². The normalized spacial score (nSPS) is 11.9. The van der Waals surface area contributed by atoms with Crippen molar-refractivity contribution in [2.75, 3.05) is 0 Å². The average molecular weight is 526 g/mol. The molecule has 10 heteroatoms. The van der Waals surface area contributed by atoms with E-state index in [0.717, 1.165) is 11.6 Å². The highest BCUT2D eigenvalue weighted by Crippen LogP contribution is 2.33. The van der Waals surface area contributed by atoms with Crippen LogP contribution >= 0.6 is 23.2 Å². The SMILES string of the molecule is Cc1ccc(S(=O)(=O)/C(C#N)=C/c2c(Oc3ccc(Cl)cc3Cl)nc3c(C)cccn3c2=O)cc1. The van der Waals surface area contributed by atoms with Crippen molar-refractivity contribution in [3.63, 3.8) is 0 Å². The maximum absolute atomic E-state index is 13.4. The minimum atomic E-state index is -4.22. The first kappa shape index (κ1) is 24.5. The number of hydrogen-bond acceptors (Lipinski definition) is 6. The quantitative estimate of drug-likeness (QED) is 0.307. The molecule has 0 saturated carbocycles. The molecule has 0 radical (unpaired) electrons. The Bertz CT molecular complexity index is 1700. The first-order valence-electron chi connectivity index (χ1n) is 10.2. The van der Waals surface area contributed by atoms with Gasteiger partial charge in [0.15, 0.2) is 0 Å². The summed E-state index contributed by atoms with van der Waals surface area (Å²) in [4.78, 5) is 17.2. The van der Waals surface area contributed by atoms with Gasteiger partial charge in [-0.1, -0.05) is 47.0 Å². The summed E-state index contributed by atoms with van der Waals surface area (Å²) in [6.45, 7) is 3.57. The molecule has 0 aliphatic heterocycles. The van der Waals surface area contributed by atoms with E-state index in [0.29, 0.717) is 16.2 Å². The largest absolute Gasteiger partial charge is 0.437 e. The number of pyridine rings is 1. The number of nitrogens with zero attached hydrogens (tertiary/aromatic N) is 3. The summed E-state index contributed by atoms with van der Waals surface area (Å²) in [6, 6.07) is 15.6. The fraction of sp³-hybridized carbons (Fsp3) is 0.0800. The maximum atomic E-state index is 13.4. The summed E-state index contributed by atoms with van der Waals surface area (Å²) in [5.74, 6) is -0.0594. The number of aromatic nitrogens is 2. The Morgan fingerprint density at radius 1 is 1.11 bits per heavy atom. The second kappa shape index (κ2) is 9.55. The minimum absolute atomic E-state index is 0.0798. The Labute approximate surface area is 211 Å². The Morgan fingerprint density at radius 3 is 2.49 bits per heavy atom. The highest BCUT2D eigenvalue weighted by molar-refractivity contribution is 7.95. The minimum Gasteiger partial charge on any atom is -0.437 e. The zero-order chi connectivity index (χ0) is 25.3. The monoisotopic (exact) mass is 525 g/mol. The number of rotatable bonds is 5. The van der Waals surface area contributed by atoms with Gasteiger partial charge in [-0.2, -0.15) is 10.2 Å². The fourth-order valence-electron chi connectivity index (χ4n) is 3.30. The van der Waals surface area contributed by atoms with Gasteiger partial charge < -0.3 is 4.74 Å². The molecular weight excluding hydrogens is 509 g/mol. The predicted octanol–water partition coefficient (Wildman–Crippen LogP) is 5.75. The number of hydrogen-bond donors (Lipinski definition) is 0. The van der Waals surface area contributed by atoms with Crippen molar-refractivity contribution in [3.8, 4) is 17.7 Å². The predicted molar refractivity (Wildman–Crippen MR) is 135 cm³/mol. The Kier molecular flexibility index (Phi) is 6.68. The Balaban J connectivity index is 1.97. The van der Waals surface area contributed by atoms with E-state index in [-0.39, 0.29) is 27.1 Å². The van der Waals surface area contributed by atoms with Crippen molar-refractivity contribution in [3.05, 3.63) is 103 Å². The first-order chi connectivity index (χ1) is 16.6. The van der Waals surface area contributed by atoms with Crippen LogP contribution in [0.15, 0.2) is 75.4 Å². The molecule has 0 fully saturated rings. The van der Waals surface area contributed by atoms with Gasteiger partial charge in [-0.25, -0.2) is 8.42 Å². The summed E-state index contributed by atoms with van der Waals surface area (Å²) in [5.41, 5.74) is 0.987. The second-order valence-electron chi connectivity index (χ2n) is 7.63. The zero-order valence-electron chi connectivity index (χ0n) is 18.5. The van der Waals surface area contributed by atoms with Gasteiger partial charge >= 0.3 is 0 Å². The van der Waals surface area contributed by atoms with E-state index >= 15 is 0 Å². The number of fused-ring (bicyclic) bond motifs is 1. The third-order valence-electron chi connectivity index (χ3n) is 5.16. The van der Waals surface area contributed by atoms with Crippen LogP contribution in [0.4, 0.5) is 0 Å².